The zero-order valence-corrected chi connectivity index (χ0v) is 20.7. The number of fused-ring (bicyclic) bond motifs is 17. The lowest BCUT2D eigenvalue weighted by molar-refractivity contribution is 1.35. The molecule has 0 radical (unpaired) electrons. The van der Waals surface area contributed by atoms with Gasteiger partial charge in [-0.25, -0.2) is 0 Å². The molecule has 1 nitrogen and oxygen atoms in total. The zero-order chi connectivity index (χ0) is 24.8. The highest BCUT2D eigenvalue weighted by atomic mass is 15.1. The second kappa shape index (κ2) is 7.37. The van der Waals surface area contributed by atoms with E-state index in [1.54, 1.807) is 0 Å². The van der Waals surface area contributed by atoms with Crippen molar-refractivity contribution in [2.75, 3.05) is 4.81 Å². The Bertz CT molecular complexity index is 2110. The van der Waals surface area contributed by atoms with E-state index in [2.05, 4.69) is 138 Å². The monoisotopic (exact) mass is 479 g/mol. The van der Waals surface area contributed by atoms with Crippen LogP contribution in [0.1, 0.15) is 0 Å². The largest absolute Gasteiger partial charge is 0.376 e. The summed E-state index contributed by atoms with van der Waals surface area (Å²) in [4.78, 5) is 2.57. The molecule has 0 N–H and O–H groups in total. The van der Waals surface area contributed by atoms with E-state index in [1.165, 1.54) is 76.9 Å². The highest BCUT2D eigenvalue weighted by molar-refractivity contribution is 6.92. The van der Waals surface area contributed by atoms with Crippen LogP contribution in [0, 0.1) is 0 Å². The summed E-state index contributed by atoms with van der Waals surface area (Å²) in [7, 11) is 0. The Kier molecular flexibility index (Phi) is 3.93. The molecular weight excluding hydrogens is 457 g/mol. The minimum Gasteiger partial charge on any atom is -0.376 e. The maximum Gasteiger partial charge on any atom is 0.329 e. The van der Waals surface area contributed by atoms with Gasteiger partial charge in [0, 0.05) is 22.5 Å². The molecule has 0 fully saturated rings. The topological polar surface area (TPSA) is 3.24 Å². The predicted octanol–water partition coefficient (Wildman–Crippen LogP) is 8.05. The van der Waals surface area contributed by atoms with Crippen LogP contribution in [0.3, 0.4) is 0 Å². The van der Waals surface area contributed by atoms with E-state index in [0.29, 0.717) is 0 Å². The van der Waals surface area contributed by atoms with Gasteiger partial charge in [0.1, 0.15) is 0 Å². The molecule has 2 aliphatic rings. The average molecular weight is 479 g/mol. The molecule has 0 spiro atoms. The van der Waals surface area contributed by atoms with Crippen molar-refractivity contribution < 1.29 is 0 Å². The Morgan fingerprint density at radius 2 is 0.789 bits per heavy atom. The van der Waals surface area contributed by atoms with Gasteiger partial charge in [0.05, 0.1) is 0 Å². The standard InChI is InChI=1S/C36H22BN/c1-3-13-25-23(11-1)24-12-2-4-14-26(24)31-22-34-32(21-30(25)31)29-17-7-10-20-36(29)38-35-19-9-6-16-28(35)27-15-5-8-18-33(27)37(34)38/h1-22H. The lowest BCUT2D eigenvalue weighted by Crippen LogP contribution is -2.59. The van der Waals surface area contributed by atoms with Crippen LogP contribution in [0.25, 0.3) is 54.6 Å². The van der Waals surface area contributed by atoms with E-state index in [0.717, 1.165) is 0 Å². The van der Waals surface area contributed by atoms with Crippen molar-refractivity contribution >= 4 is 61.5 Å². The molecule has 2 heteroatoms. The van der Waals surface area contributed by atoms with Crippen LogP contribution in [0.15, 0.2) is 133 Å². The van der Waals surface area contributed by atoms with Crippen LogP contribution in [0.2, 0.25) is 0 Å². The van der Waals surface area contributed by atoms with Crippen LogP contribution < -0.4 is 15.7 Å². The van der Waals surface area contributed by atoms with Gasteiger partial charge in [0.25, 0.3) is 0 Å². The van der Waals surface area contributed by atoms with Gasteiger partial charge in [0.2, 0.25) is 0 Å². The first-order chi connectivity index (χ1) is 18.9. The molecule has 0 aliphatic carbocycles. The third-order valence-corrected chi connectivity index (χ3v) is 8.63. The molecule has 174 valence electrons. The van der Waals surface area contributed by atoms with E-state index in [4.69, 9.17) is 0 Å². The Hall–Kier alpha value is -4.82. The maximum absolute atomic E-state index is 2.57. The van der Waals surface area contributed by atoms with E-state index < -0.39 is 0 Å². The lowest BCUT2D eigenvalue weighted by atomic mass is 9.43. The minimum absolute atomic E-state index is 0.112. The summed E-state index contributed by atoms with van der Waals surface area (Å²) in [6.45, 7) is 0.112. The van der Waals surface area contributed by atoms with Crippen LogP contribution in [0.4, 0.5) is 11.4 Å². The third kappa shape index (κ3) is 2.52. The highest BCUT2D eigenvalue weighted by Gasteiger charge is 2.42. The molecule has 0 unspecified atom stereocenters. The van der Waals surface area contributed by atoms with Crippen molar-refractivity contribution in [3.8, 4) is 22.3 Å². The lowest BCUT2D eigenvalue weighted by Gasteiger charge is -2.43. The first-order valence-electron chi connectivity index (χ1n) is 13.3. The van der Waals surface area contributed by atoms with E-state index in [-0.39, 0.29) is 6.85 Å². The summed E-state index contributed by atoms with van der Waals surface area (Å²) >= 11 is 0. The molecule has 2 heterocycles. The number of anilines is 2. The quantitative estimate of drug-likeness (QED) is 0.157. The first kappa shape index (κ1) is 20.3. The van der Waals surface area contributed by atoms with E-state index in [1.807, 2.05) is 0 Å². The average Bonchev–Trinajstić information content (AvgIpc) is 3.00. The van der Waals surface area contributed by atoms with Crippen molar-refractivity contribution in [3.63, 3.8) is 0 Å². The summed E-state index contributed by atoms with van der Waals surface area (Å²) in [5.74, 6) is 0. The Balaban J connectivity index is 1.48. The fourth-order valence-electron chi connectivity index (χ4n) is 7.08. The second-order valence-corrected chi connectivity index (χ2v) is 10.5. The number of para-hydroxylation sites is 2. The van der Waals surface area contributed by atoms with Crippen molar-refractivity contribution in [2.24, 2.45) is 0 Å². The molecule has 0 atom stereocenters. The summed E-state index contributed by atoms with van der Waals surface area (Å²) in [5, 5.41) is 7.92. The van der Waals surface area contributed by atoms with Crippen LogP contribution in [-0.2, 0) is 0 Å². The van der Waals surface area contributed by atoms with Gasteiger partial charge < -0.3 is 4.81 Å². The van der Waals surface area contributed by atoms with Gasteiger partial charge in [-0.3, -0.25) is 0 Å². The fraction of sp³-hybridized carbons (Fsp3) is 0. The molecule has 2 aliphatic heterocycles. The zero-order valence-electron chi connectivity index (χ0n) is 20.7. The first-order valence-corrected chi connectivity index (χ1v) is 13.3. The summed E-state index contributed by atoms with van der Waals surface area (Å²) < 4.78 is 0. The van der Waals surface area contributed by atoms with Crippen molar-refractivity contribution in [1.82, 2.24) is 0 Å². The number of hydrogen-bond donors (Lipinski definition) is 0. The second-order valence-electron chi connectivity index (χ2n) is 10.5. The number of nitrogens with zero attached hydrogens (tertiary/aromatic N) is 1. The minimum atomic E-state index is 0.112. The van der Waals surface area contributed by atoms with Gasteiger partial charge in [0.15, 0.2) is 0 Å². The molecule has 9 rings (SSSR count). The number of rotatable bonds is 0. The maximum atomic E-state index is 2.57. The molecule has 0 saturated heterocycles. The molecular formula is C36H22BN. The molecule has 7 aromatic carbocycles. The smallest absolute Gasteiger partial charge is 0.329 e. The summed E-state index contributed by atoms with van der Waals surface area (Å²) in [6, 6.07) is 49.5. The molecule has 0 bridgehead atoms. The van der Waals surface area contributed by atoms with Crippen molar-refractivity contribution in [2.45, 2.75) is 0 Å². The van der Waals surface area contributed by atoms with E-state index in [9.17, 15) is 0 Å². The van der Waals surface area contributed by atoms with Gasteiger partial charge in [-0.15, -0.1) is 0 Å². The number of hydrogen-bond acceptors (Lipinski definition) is 1. The fourth-order valence-corrected chi connectivity index (χ4v) is 7.08. The van der Waals surface area contributed by atoms with Crippen LogP contribution in [0.5, 0.6) is 0 Å². The van der Waals surface area contributed by atoms with Gasteiger partial charge in [-0.1, -0.05) is 115 Å². The van der Waals surface area contributed by atoms with Crippen LogP contribution >= 0.6 is 0 Å². The number of benzene rings is 7. The molecule has 0 saturated carbocycles. The van der Waals surface area contributed by atoms with E-state index >= 15 is 0 Å². The molecule has 7 aromatic rings. The SMILES string of the molecule is c1ccc2c(c1)B1c3cc4c5ccccc5c5ccccc5c4cc3-c3ccccc3N1c1ccccc1-2. The molecule has 38 heavy (non-hydrogen) atoms. The summed E-state index contributed by atoms with van der Waals surface area (Å²) in [5.41, 5.74) is 10.6. The Morgan fingerprint density at radius 3 is 1.42 bits per heavy atom. The van der Waals surface area contributed by atoms with Crippen LogP contribution in [-0.4, -0.2) is 6.85 Å². The highest BCUT2D eigenvalue weighted by Crippen LogP contribution is 2.47. The molecule has 0 amide bonds. The summed E-state index contributed by atoms with van der Waals surface area (Å²) in [6.07, 6.45) is 0. The van der Waals surface area contributed by atoms with Crippen molar-refractivity contribution in [3.05, 3.63) is 133 Å². The Morgan fingerprint density at radius 1 is 0.342 bits per heavy atom. The Labute approximate surface area is 221 Å². The van der Waals surface area contributed by atoms with Gasteiger partial charge in [-0.05, 0) is 72.6 Å². The van der Waals surface area contributed by atoms with Crippen molar-refractivity contribution in [1.29, 1.82) is 0 Å². The van der Waals surface area contributed by atoms with Gasteiger partial charge in [-0.2, -0.15) is 0 Å². The third-order valence-electron chi connectivity index (χ3n) is 8.63. The van der Waals surface area contributed by atoms with Gasteiger partial charge >= 0.3 is 6.85 Å². The molecule has 0 aromatic heterocycles. The normalized spacial score (nSPS) is 13.2. The predicted molar refractivity (Wildman–Crippen MR) is 163 cm³/mol.